The second-order valence-corrected chi connectivity index (χ2v) is 10.3. The van der Waals surface area contributed by atoms with E-state index >= 15 is 0 Å². The molecule has 11 nitrogen and oxygen atoms in total. The molecule has 216 valence electrons. The van der Waals surface area contributed by atoms with Gasteiger partial charge >= 0.3 is 5.97 Å². The first-order chi connectivity index (χ1) is 19.2. The number of nitrogens with one attached hydrogen (secondary N) is 2. The number of hydrogen-bond acceptors (Lipinski definition) is 7. The van der Waals surface area contributed by atoms with E-state index in [2.05, 4.69) is 15.5 Å². The highest BCUT2D eigenvalue weighted by Gasteiger charge is 2.27. The van der Waals surface area contributed by atoms with E-state index in [9.17, 15) is 19.2 Å². The van der Waals surface area contributed by atoms with Gasteiger partial charge in [-0.15, -0.1) is 0 Å². The number of esters is 1. The Bertz CT molecular complexity index is 1430. The predicted molar refractivity (Wildman–Crippen MR) is 153 cm³/mol. The van der Waals surface area contributed by atoms with Crippen molar-refractivity contribution in [1.29, 1.82) is 0 Å². The summed E-state index contributed by atoms with van der Waals surface area (Å²) in [6.45, 7) is 2.95. The van der Waals surface area contributed by atoms with Crippen LogP contribution in [0.2, 0.25) is 0 Å². The maximum atomic E-state index is 12.6. The zero-order valence-corrected chi connectivity index (χ0v) is 23.4. The molecular weight excluding hydrogens is 514 g/mol. The number of pyridine rings is 1. The third kappa shape index (κ3) is 6.88. The minimum atomic E-state index is -0.663. The van der Waals surface area contributed by atoms with Crippen molar-refractivity contribution in [2.24, 2.45) is 0 Å². The standard InChI is InChI=1S/C17H16N4O3.C12H21NO3.H2/c1-24-15-8-14-10(9-18-20-14)7-12(15)16(22)19-13-3-2-6-21(17(13)23)11-4-5-11;1-9(16-10(2)14)12(15)13(3)11-7-5-4-6-8-11;/h2-3,6-9,11H,4-5H2,1H3,(H,18,20)(H,19,22);9,11H,4-8H2,1-3H3;1H/t;9-;/m.0./s1. The molecule has 0 bridgehead atoms. The number of ether oxygens (including phenoxy) is 2. The normalized spacial score (nSPS) is 15.9. The van der Waals surface area contributed by atoms with Crippen LogP contribution < -0.4 is 15.6 Å². The third-order valence-corrected chi connectivity index (χ3v) is 7.33. The highest BCUT2D eigenvalue weighted by atomic mass is 16.5. The highest BCUT2D eigenvalue weighted by Crippen LogP contribution is 2.33. The number of fused-ring (bicyclic) bond motifs is 1. The van der Waals surface area contributed by atoms with E-state index in [1.54, 1.807) is 60.1 Å². The summed E-state index contributed by atoms with van der Waals surface area (Å²) in [5.41, 5.74) is 1.22. The number of methoxy groups -OCH3 is 1. The van der Waals surface area contributed by atoms with Gasteiger partial charge in [-0.2, -0.15) is 5.10 Å². The van der Waals surface area contributed by atoms with Gasteiger partial charge < -0.3 is 24.3 Å². The molecule has 5 rings (SSSR count). The number of hydrogen-bond donors (Lipinski definition) is 2. The van der Waals surface area contributed by atoms with Crippen LogP contribution in [-0.4, -0.2) is 63.8 Å². The maximum absolute atomic E-state index is 12.6. The second-order valence-electron chi connectivity index (χ2n) is 10.3. The molecule has 2 aliphatic carbocycles. The highest BCUT2D eigenvalue weighted by molar-refractivity contribution is 6.08. The first-order valence-corrected chi connectivity index (χ1v) is 13.7. The summed E-state index contributed by atoms with van der Waals surface area (Å²) < 4.78 is 11.9. The maximum Gasteiger partial charge on any atom is 0.303 e. The fourth-order valence-electron chi connectivity index (χ4n) is 4.99. The van der Waals surface area contributed by atoms with Crippen LogP contribution in [0.25, 0.3) is 10.9 Å². The molecule has 2 saturated carbocycles. The lowest BCUT2D eigenvalue weighted by Crippen LogP contribution is -2.44. The van der Waals surface area contributed by atoms with Gasteiger partial charge in [0.25, 0.3) is 17.4 Å². The molecule has 40 heavy (non-hydrogen) atoms. The van der Waals surface area contributed by atoms with Crippen LogP contribution in [-0.2, 0) is 14.3 Å². The van der Waals surface area contributed by atoms with Crippen molar-refractivity contribution in [3.05, 3.63) is 52.6 Å². The number of likely N-dealkylation sites (N-methyl/N-ethyl adjacent to an activating group) is 1. The van der Waals surface area contributed by atoms with Crippen molar-refractivity contribution in [2.75, 3.05) is 19.5 Å². The van der Waals surface area contributed by atoms with E-state index in [1.807, 2.05) is 0 Å². The smallest absolute Gasteiger partial charge is 0.303 e. The molecule has 11 heteroatoms. The largest absolute Gasteiger partial charge is 0.496 e. The van der Waals surface area contributed by atoms with E-state index in [-0.39, 0.29) is 30.5 Å². The molecule has 1 atom stereocenters. The number of H-pyrrole nitrogens is 1. The minimum absolute atomic E-state index is 0. The lowest BCUT2D eigenvalue weighted by Gasteiger charge is -2.32. The van der Waals surface area contributed by atoms with Gasteiger partial charge in [-0.1, -0.05) is 19.3 Å². The van der Waals surface area contributed by atoms with E-state index in [0.29, 0.717) is 17.4 Å². The van der Waals surface area contributed by atoms with E-state index in [4.69, 9.17) is 9.47 Å². The van der Waals surface area contributed by atoms with Crippen LogP contribution in [0.15, 0.2) is 41.5 Å². The van der Waals surface area contributed by atoms with E-state index in [0.717, 1.165) is 36.6 Å². The fraction of sp³-hybridized carbons (Fsp3) is 0.483. The molecule has 0 saturated heterocycles. The minimum Gasteiger partial charge on any atom is -0.496 e. The Morgan fingerprint density at radius 1 is 1.18 bits per heavy atom. The summed E-state index contributed by atoms with van der Waals surface area (Å²) in [4.78, 5) is 49.5. The quantitative estimate of drug-likeness (QED) is 0.417. The van der Waals surface area contributed by atoms with Crippen LogP contribution in [0.5, 0.6) is 5.75 Å². The number of benzene rings is 1. The zero-order valence-electron chi connectivity index (χ0n) is 23.4. The third-order valence-electron chi connectivity index (χ3n) is 7.33. The average Bonchev–Trinajstić information content (AvgIpc) is 3.69. The Morgan fingerprint density at radius 2 is 1.90 bits per heavy atom. The fourth-order valence-corrected chi connectivity index (χ4v) is 4.99. The molecule has 3 aromatic rings. The Labute approximate surface area is 234 Å². The molecule has 2 N–H and O–H groups in total. The molecule has 2 aliphatic rings. The number of carbonyl (C=O) groups excluding carboxylic acids is 3. The molecule has 1 aromatic carbocycles. The SMILES string of the molecule is CC(=O)O[C@@H](C)C(=O)N(C)C1CCCCC1.COc1cc2[nH]ncc2cc1C(=O)Nc1cccn(C2CC2)c1=O.[HH]. The number of aromatic amines is 1. The number of nitrogens with zero attached hydrogens (tertiary/aromatic N) is 3. The summed E-state index contributed by atoms with van der Waals surface area (Å²) in [6, 6.07) is 7.36. The summed E-state index contributed by atoms with van der Waals surface area (Å²) in [7, 11) is 3.30. The molecule has 0 aliphatic heterocycles. The molecule has 2 heterocycles. The van der Waals surface area contributed by atoms with Crippen LogP contribution in [0.1, 0.15) is 76.6 Å². The van der Waals surface area contributed by atoms with Gasteiger partial charge in [-0.25, -0.2) is 0 Å². The van der Waals surface area contributed by atoms with E-state index < -0.39 is 12.1 Å². The summed E-state index contributed by atoms with van der Waals surface area (Å²) in [5, 5.41) is 10.3. The van der Waals surface area contributed by atoms with Crippen molar-refractivity contribution in [3.63, 3.8) is 0 Å². The Morgan fingerprint density at radius 3 is 2.55 bits per heavy atom. The van der Waals surface area contributed by atoms with Gasteiger partial charge in [-0.3, -0.25) is 24.3 Å². The van der Waals surface area contributed by atoms with Gasteiger partial charge in [0.1, 0.15) is 11.4 Å². The Balaban J connectivity index is 0.000000240. The van der Waals surface area contributed by atoms with Crippen molar-refractivity contribution in [1.82, 2.24) is 19.7 Å². The van der Waals surface area contributed by atoms with Crippen molar-refractivity contribution in [2.45, 2.75) is 77.0 Å². The van der Waals surface area contributed by atoms with Crippen molar-refractivity contribution >= 4 is 34.4 Å². The van der Waals surface area contributed by atoms with Crippen molar-refractivity contribution < 1.29 is 25.3 Å². The molecule has 0 unspecified atom stereocenters. The monoisotopic (exact) mass is 553 g/mol. The molecule has 2 aromatic heterocycles. The number of amides is 2. The lowest BCUT2D eigenvalue weighted by atomic mass is 9.94. The topological polar surface area (TPSA) is 136 Å². The summed E-state index contributed by atoms with van der Waals surface area (Å²) in [6.07, 6.45) is 10.5. The van der Waals surface area contributed by atoms with Crippen LogP contribution in [0.3, 0.4) is 0 Å². The van der Waals surface area contributed by atoms with Gasteiger partial charge in [0, 0.05) is 45.1 Å². The van der Waals surface area contributed by atoms with Crippen LogP contribution >= 0.6 is 0 Å². The lowest BCUT2D eigenvalue weighted by molar-refractivity contribution is -0.158. The number of aromatic nitrogens is 3. The van der Waals surface area contributed by atoms with E-state index in [1.165, 1.54) is 33.3 Å². The molecule has 0 radical (unpaired) electrons. The molecular formula is C29H39N5O6. The molecule has 2 fully saturated rings. The average molecular weight is 554 g/mol. The van der Waals surface area contributed by atoms with Gasteiger partial charge in [0.2, 0.25) is 0 Å². The summed E-state index contributed by atoms with van der Waals surface area (Å²) in [5.74, 6) is -0.469. The Kier molecular flexibility index (Phi) is 9.23. The number of rotatable bonds is 7. The molecule has 0 spiro atoms. The van der Waals surface area contributed by atoms with Crippen LogP contribution in [0, 0.1) is 0 Å². The molecule has 2 amide bonds. The van der Waals surface area contributed by atoms with Crippen LogP contribution in [0.4, 0.5) is 5.69 Å². The van der Waals surface area contributed by atoms with Gasteiger partial charge in [0.05, 0.1) is 24.4 Å². The predicted octanol–water partition coefficient (Wildman–Crippen LogP) is 4.30. The second kappa shape index (κ2) is 12.8. The first-order valence-electron chi connectivity index (χ1n) is 13.7. The zero-order chi connectivity index (χ0) is 28.8. The van der Waals surface area contributed by atoms with Gasteiger partial charge in [0.15, 0.2) is 6.10 Å². The summed E-state index contributed by atoms with van der Waals surface area (Å²) >= 11 is 0. The number of anilines is 1. The van der Waals surface area contributed by atoms with Crippen molar-refractivity contribution in [3.8, 4) is 5.75 Å². The number of carbonyl (C=O) groups is 3. The van der Waals surface area contributed by atoms with Gasteiger partial charge in [-0.05, 0) is 50.8 Å². The Hall–Kier alpha value is -4.15. The first kappa shape index (κ1) is 28.8.